The van der Waals surface area contributed by atoms with Crippen molar-refractivity contribution in [3.8, 4) is 0 Å². The van der Waals surface area contributed by atoms with Crippen LogP contribution in [0.5, 0.6) is 0 Å². The van der Waals surface area contributed by atoms with Crippen LogP contribution in [0.2, 0.25) is 0 Å². The van der Waals surface area contributed by atoms with Crippen molar-refractivity contribution in [2.45, 2.75) is 19.1 Å². The van der Waals surface area contributed by atoms with E-state index in [0.717, 1.165) is 5.56 Å². The van der Waals surface area contributed by atoms with E-state index in [1.165, 1.54) is 4.90 Å². The van der Waals surface area contributed by atoms with Crippen molar-refractivity contribution in [1.82, 2.24) is 4.90 Å². The Hall–Kier alpha value is -1.55. The van der Waals surface area contributed by atoms with Crippen molar-refractivity contribution in [1.29, 1.82) is 0 Å². The first-order valence-corrected chi connectivity index (χ1v) is 5.24. The van der Waals surface area contributed by atoms with Gasteiger partial charge in [-0.05, 0) is 12.0 Å². The summed E-state index contributed by atoms with van der Waals surface area (Å²) in [6.07, 6.45) is -0.342. The van der Waals surface area contributed by atoms with E-state index in [0.29, 0.717) is 13.0 Å². The molecule has 85 valence electrons. The number of benzene rings is 1. The number of likely N-dealkylation sites (tertiary alicyclic amines) is 1. The number of ether oxygens (including phenoxy) is 1. The van der Waals surface area contributed by atoms with Crippen LogP contribution in [0.1, 0.15) is 12.0 Å². The molecule has 1 heterocycles. The van der Waals surface area contributed by atoms with Crippen LogP contribution >= 0.6 is 0 Å². The van der Waals surface area contributed by atoms with Crippen LogP contribution < -0.4 is 0 Å². The summed E-state index contributed by atoms with van der Waals surface area (Å²) in [6.45, 7) is 2.26. The Labute approximate surface area is 94.4 Å². The number of β-amino-alcohol motifs (C(OH)–C–C–N with tert-alkyl or cyclic N) is 1. The van der Waals surface area contributed by atoms with Gasteiger partial charge in [-0.1, -0.05) is 30.3 Å². The summed E-state index contributed by atoms with van der Waals surface area (Å²) in [5.74, 6) is 0. The van der Waals surface area contributed by atoms with Crippen molar-refractivity contribution < 1.29 is 14.6 Å². The average Bonchev–Trinajstić information content (AvgIpc) is 2.74. The lowest BCUT2D eigenvalue weighted by Crippen LogP contribution is -2.28. The zero-order valence-electron chi connectivity index (χ0n) is 8.87. The lowest BCUT2D eigenvalue weighted by Gasteiger charge is -2.14. The van der Waals surface area contributed by atoms with E-state index in [4.69, 9.17) is 4.74 Å². The molecule has 0 bridgehead atoms. The fraction of sp³-hybridized carbons (Fsp3) is 0.333. The second kappa shape index (κ2) is 4.99. The molecule has 16 heavy (non-hydrogen) atoms. The quantitative estimate of drug-likeness (QED) is 0.822. The van der Waals surface area contributed by atoms with Crippen LogP contribution in [0.3, 0.4) is 0 Å². The molecule has 4 nitrogen and oxygen atoms in total. The van der Waals surface area contributed by atoms with Gasteiger partial charge < -0.3 is 14.7 Å². The summed E-state index contributed by atoms with van der Waals surface area (Å²) in [4.78, 5) is 12.9. The van der Waals surface area contributed by atoms with Crippen LogP contribution in [0.4, 0.5) is 4.79 Å². The topological polar surface area (TPSA) is 49.8 Å². The van der Waals surface area contributed by atoms with Crippen LogP contribution in [-0.2, 0) is 11.3 Å². The Morgan fingerprint density at radius 3 is 2.81 bits per heavy atom. The predicted molar refractivity (Wildman–Crippen MR) is 58.3 cm³/mol. The Bertz CT molecular complexity index is 353. The Morgan fingerprint density at radius 2 is 2.19 bits per heavy atom. The number of nitrogens with zero attached hydrogens (tertiary/aromatic N) is 1. The highest BCUT2D eigenvalue weighted by Gasteiger charge is 2.25. The van der Waals surface area contributed by atoms with Gasteiger partial charge >= 0.3 is 6.09 Å². The number of carbonyl (C=O) groups excluding carboxylic acids is 1. The molecule has 0 spiro atoms. The predicted octanol–water partition coefficient (Wildman–Crippen LogP) is 1.55. The van der Waals surface area contributed by atoms with E-state index in [9.17, 15) is 9.90 Å². The highest BCUT2D eigenvalue weighted by Crippen LogP contribution is 2.14. The minimum absolute atomic E-state index is 0.264. The van der Waals surface area contributed by atoms with E-state index in [1.54, 1.807) is 6.54 Å². The Morgan fingerprint density at radius 1 is 1.44 bits per heavy atom. The molecule has 0 aromatic heterocycles. The highest BCUT2D eigenvalue weighted by molar-refractivity contribution is 5.68. The first-order valence-electron chi connectivity index (χ1n) is 5.24. The summed E-state index contributed by atoms with van der Waals surface area (Å²) in [7, 11) is 0. The molecule has 1 aromatic carbocycles. The molecule has 1 aliphatic heterocycles. The second-order valence-corrected chi connectivity index (χ2v) is 3.76. The van der Waals surface area contributed by atoms with Gasteiger partial charge in [-0.25, -0.2) is 4.79 Å². The largest absolute Gasteiger partial charge is 0.445 e. The molecular formula is C12H14NO3. The maximum atomic E-state index is 11.5. The third-order valence-electron chi connectivity index (χ3n) is 2.44. The first kappa shape index (κ1) is 11.0. The monoisotopic (exact) mass is 220 g/mol. The normalized spacial score (nSPS) is 19.8. The molecule has 1 N–H and O–H groups in total. The summed E-state index contributed by atoms with van der Waals surface area (Å²) < 4.78 is 5.10. The van der Waals surface area contributed by atoms with Gasteiger partial charge in [0.1, 0.15) is 6.61 Å². The molecule has 1 atom stereocenters. The zero-order chi connectivity index (χ0) is 11.4. The van der Waals surface area contributed by atoms with Crippen LogP contribution in [-0.4, -0.2) is 28.7 Å². The van der Waals surface area contributed by atoms with E-state index in [2.05, 4.69) is 0 Å². The van der Waals surface area contributed by atoms with E-state index < -0.39 is 12.2 Å². The van der Waals surface area contributed by atoms with Crippen molar-refractivity contribution in [3.05, 3.63) is 42.4 Å². The molecule has 2 rings (SSSR count). The van der Waals surface area contributed by atoms with E-state index in [1.807, 2.05) is 30.3 Å². The summed E-state index contributed by atoms with van der Waals surface area (Å²) in [5, 5.41) is 9.25. The molecule has 1 fully saturated rings. The molecule has 1 amide bonds. The number of hydrogen-bond donors (Lipinski definition) is 1. The minimum atomic E-state index is -0.454. The highest BCUT2D eigenvalue weighted by atomic mass is 16.6. The van der Waals surface area contributed by atoms with Gasteiger partial charge in [-0.3, -0.25) is 0 Å². The van der Waals surface area contributed by atoms with Crippen molar-refractivity contribution in [2.75, 3.05) is 6.54 Å². The maximum Gasteiger partial charge on any atom is 0.410 e. The zero-order valence-corrected chi connectivity index (χ0v) is 8.87. The molecule has 1 aromatic rings. The Balaban J connectivity index is 1.80. The van der Waals surface area contributed by atoms with Gasteiger partial charge in [0.25, 0.3) is 0 Å². The molecule has 1 radical (unpaired) electrons. The van der Waals surface area contributed by atoms with Crippen LogP contribution in [0.25, 0.3) is 0 Å². The Kier molecular flexibility index (Phi) is 3.41. The third-order valence-corrected chi connectivity index (χ3v) is 2.44. The van der Waals surface area contributed by atoms with E-state index in [-0.39, 0.29) is 6.61 Å². The van der Waals surface area contributed by atoms with Crippen LogP contribution in [0.15, 0.2) is 30.3 Å². The standard InChI is InChI=1S/C12H14NO3/c14-11-6-7-13(8-11)12(15)16-9-10-4-2-1-3-5-10/h1-5,7,11,14H,6,8-9H2. The maximum absolute atomic E-state index is 11.5. The van der Waals surface area contributed by atoms with Gasteiger partial charge in [-0.2, -0.15) is 0 Å². The number of carbonyl (C=O) groups is 1. The van der Waals surface area contributed by atoms with Gasteiger partial charge in [0.05, 0.1) is 19.2 Å². The van der Waals surface area contributed by atoms with E-state index >= 15 is 0 Å². The second-order valence-electron chi connectivity index (χ2n) is 3.76. The number of rotatable bonds is 2. The average molecular weight is 220 g/mol. The molecule has 1 aliphatic rings. The number of hydrogen-bond acceptors (Lipinski definition) is 3. The molecule has 4 heteroatoms. The number of amides is 1. The molecule has 0 aliphatic carbocycles. The molecular weight excluding hydrogens is 206 g/mol. The first-order chi connectivity index (χ1) is 7.75. The summed E-state index contributed by atoms with van der Waals surface area (Å²) in [5.41, 5.74) is 0.954. The van der Waals surface area contributed by atoms with Gasteiger partial charge in [-0.15, -0.1) is 0 Å². The van der Waals surface area contributed by atoms with Gasteiger partial charge in [0.15, 0.2) is 0 Å². The fourth-order valence-corrected chi connectivity index (χ4v) is 1.58. The molecule has 1 unspecified atom stereocenters. The molecule has 0 saturated carbocycles. The fourth-order valence-electron chi connectivity index (χ4n) is 1.58. The van der Waals surface area contributed by atoms with Crippen molar-refractivity contribution in [2.24, 2.45) is 0 Å². The lowest BCUT2D eigenvalue weighted by atomic mass is 10.2. The van der Waals surface area contributed by atoms with Crippen molar-refractivity contribution in [3.63, 3.8) is 0 Å². The smallest absolute Gasteiger partial charge is 0.410 e. The summed E-state index contributed by atoms with van der Waals surface area (Å²) in [6, 6.07) is 9.51. The minimum Gasteiger partial charge on any atom is -0.445 e. The van der Waals surface area contributed by atoms with Gasteiger partial charge in [0.2, 0.25) is 0 Å². The number of aliphatic hydroxyl groups is 1. The summed E-state index contributed by atoms with van der Waals surface area (Å²) >= 11 is 0. The lowest BCUT2D eigenvalue weighted by molar-refractivity contribution is 0.102. The SMILES string of the molecule is O=C(OCc1ccccc1)N1[CH]CC(O)C1. The van der Waals surface area contributed by atoms with Gasteiger partial charge in [0, 0.05) is 0 Å². The molecule has 1 saturated heterocycles. The third kappa shape index (κ3) is 2.73. The van der Waals surface area contributed by atoms with Crippen LogP contribution in [0, 0.1) is 6.54 Å². The number of aliphatic hydroxyl groups excluding tert-OH is 1. The van der Waals surface area contributed by atoms with Crippen molar-refractivity contribution >= 4 is 6.09 Å².